The van der Waals surface area contributed by atoms with Gasteiger partial charge >= 0.3 is 5.97 Å². The number of benzene rings is 1. The fraction of sp³-hybridized carbons (Fsp3) is 0.0769. The molecule has 2 aromatic heterocycles. The molecule has 1 aromatic carbocycles. The van der Waals surface area contributed by atoms with Crippen molar-refractivity contribution in [1.82, 2.24) is 20.6 Å². The third kappa shape index (κ3) is 2.89. The molecule has 0 unspecified atom stereocenters. The lowest BCUT2D eigenvalue weighted by molar-refractivity contribution is 0.0696. The molecule has 3 N–H and O–H groups in total. The highest BCUT2D eigenvalue weighted by Crippen LogP contribution is 2.19. The number of furan rings is 1. The lowest BCUT2D eigenvalue weighted by atomic mass is 10.2. The Morgan fingerprint density at radius 2 is 2.29 bits per heavy atom. The molecule has 0 saturated carbocycles. The van der Waals surface area contributed by atoms with Crippen LogP contribution in [0.4, 0.5) is 5.69 Å². The van der Waals surface area contributed by atoms with E-state index in [0.717, 1.165) is 11.3 Å². The Hall–Kier alpha value is -3.16. The first kappa shape index (κ1) is 12.9. The standard InChI is InChI=1S/C13H11N5O3/c19-13(20)9-5-11(21-7-9)6-14-10-3-1-2-8(4-10)12-15-17-18-16-12/h1-5,7,14H,6H2,(H,19,20)(H,15,16,17,18). The van der Waals surface area contributed by atoms with Crippen molar-refractivity contribution in [3.05, 3.63) is 47.9 Å². The van der Waals surface area contributed by atoms with Gasteiger partial charge in [-0.2, -0.15) is 5.21 Å². The lowest BCUT2D eigenvalue weighted by Gasteiger charge is -2.05. The molecule has 21 heavy (non-hydrogen) atoms. The SMILES string of the molecule is O=C(O)c1coc(CNc2cccc(-c3nn[nH]n3)c2)c1. The van der Waals surface area contributed by atoms with E-state index >= 15 is 0 Å². The van der Waals surface area contributed by atoms with Crippen molar-refractivity contribution >= 4 is 11.7 Å². The fourth-order valence-electron chi connectivity index (χ4n) is 1.83. The summed E-state index contributed by atoms with van der Waals surface area (Å²) < 4.78 is 5.17. The largest absolute Gasteiger partial charge is 0.478 e. The van der Waals surface area contributed by atoms with Crippen LogP contribution in [0.5, 0.6) is 0 Å². The van der Waals surface area contributed by atoms with E-state index in [9.17, 15) is 4.79 Å². The van der Waals surface area contributed by atoms with Gasteiger partial charge in [0.2, 0.25) is 5.82 Å². The van der Waals surface area contributed by atoms with Gasteiger partial charge in [-0.3, -0.25) is 0 Å². The molecule has 0 aliphatic carbocycles. The van der Waals surface area contributed by atoms with Gasteiger partial charge in [0.1, 0.15) is 12.0 Å². The molecule has 0 amide bonds. The average Bonchev–Trinajstić information content (AvgIpc) is 3.17. The minimum absolute atomic E-state index is 0.132. The Bertz CT molecular complexity index is 751. The molecule has 106 valence electrons. The number of H-pyrrole nitrogens is 1. The van der Waals surface area contributed by atoms with Gasteiger partial charge in [-0.05, 0) is 23.4 Å². The molecule has 0 fully saturated rings. The zero-order valence-corrected chi connectivity index (χ0v) is 10.8. The summed E-state index contributed by atoms with van der Waals surface area (Å²) in [6, 6.07) is 8.96. The van der Waals surface area contributed by atoms with Crippen LogP contribution in [0.2, 0.25) is 0 Å². The van der Waals surface area contributed by atoms with Gasteiger partial charge in [0, 0.05) is 11.3 Å². The molecule has 0 aliphatic heterocycles. The number of hydrogen-bond acceptors (Lipinski definition) is 6. The number of rotatable bonds is 5. The second-order valence-corrected chi connectivity index (χ2v) is 4.28. The monoisotopic (exact) mass is 285 g/mol. The number of aromatic amines is 1. The number of anilines is 1. The lowest BCUT2D eigenvalue weighted by Crippen LogP contribution is -1.98. The summed E-state index contributed by atoms with van der Waals surface area (Å²) in [4.78, 5) is 10.8. The van der Waals surface area contributed by atoms with Crippen LogP contribution in [0.3, 0.4) is 0 Å². The Morgan fingerprint density at radius 3 is 3.00 bits per heavy atom. The van der Waals surface area contributed by atoms with Crippen molar-refractivity contribution < 1.29 is 14.3 Å². The predicted molar refractivity (Wildman–Crippen MR) is 72.6 cm³/mol. The zero-order valence-electron chi connectivity index (χ0n) is 10.8. The maximum Gasteiger partial charge on any atom is 0.338 e. The highest BCUT2D eigenvalue weighted by Gasteiger charge is 2.08. The third-order valence-corrected chi connectivity index (χ3v) is 2.83. The van der Waals surface area contributed by atoms with Crippen molar-refractivity contribution in [2.45, 2.75) is 6.54 Å². The first-order valence-corrected chi connectivity index (χ1v) is 6.11. The van der Waals surface area contributed by atoms with Gasteiger partial charge < -0.3 is 14.8 Å². The number of aromatic nitrogens is 4. The normalized spacial score (nSPS) is 10.5. The second kappa shape index (κ2) is 5.45. The van der Waals surface area contributed by atoms with Crippen LogP contribution in [0, 0.1) is 0 Å². The van der Waals surface area contributed by atoms with Crippen LogP contribution in [-0.2, 0) is 6.54 Å². The van der Waals surface area contributed by atoms with Gasteiger partial charge in [0.25, 0.3) is 0 Å². The molecular weight excluding hydrogens is 274 g/mol. The predicted octanol–water partition coefficient (Wildman–Crippen LogP) is 1.77. The summed E-state index contributed by atoms with van der Waals surface area (Å²) >= 11 is 0. The molecule has 8 heteroatoms. The first-order chi connectivity index (χ1) is 10.2. The molecule has 0 radical (unpaired) electrons. The second-order valence-electron chi connectivity index (χ2n) is 4.28. The summed E-state index contributed by atoms with van der Waals surface area (Å²) in [5, 5.41) is 25.7. The molecule has 2 heterocycles. The van der Waals surface area contributed by atoms with Crippen molar-refractivity contribution in [3.63, 3.8) is 0 Å². The maximum absolute atomic E-state index is 10.8. The van der Waals surface area contributed by atoms with E-state index in [1.165, 1.54) is 12.3 Å². The summed E-state index contributed by atoms with van der Waals surface area (Å²) in [5.74, 6) is 0.0336. The average molecular weight is 285 g/mol. The molecule has 3 aromatic rings. The molecule has 0 atom stereocenters. The summed E-state index contributed by atoms with van der Waals surface area (Å²) in [6.45, 7) is 0.378. The molecular formula is C13H11N5O3. The number of carboxylic acids is 1. The molecule has 0 bridgehead atoms. The Morgan fingerprint density at radius 1 is 1.38 bits per heavy atom. The summed E-state index contributed by atoms with van der Waals surface area (Å²) in [6.07, 6.45) is 1.22. The topological polar surface area (TPSA) is 117 Å². The number of aromatic carboxylic acids is 1. The number of carboxylic acid groups (broad SMARTS) is 1. The van der Waals surface area contributed by atoms with Crippen molar-refractivity contribution in [1.29, 1.82) is 0 Å². The molecule has 0 aliphatic rings. The number of nitrogens with zero attached hydrogens (tertiary/aromatic N) is 3. The summed E-state index contributed by atoms with van der Waals surface area (Å²) in [5.41, 5.74) is 1.79. The van der Waals surface area contributed by atoms with Crippen LogP contribution in [0.25, 0.3) is 11.4 Å². The van der Waals surface area contributed by atoms with Gasteiger partial charge in [-0.25, -0.2) is 4.79 Å². The maximum atomic E-state index is 10.8. The van der Waals surface area contributed by atoms with Gasteiger partial charge in [0.05, 0.1) is 12.1 Å². The van der Waals surface area contributed by atoms with Crippen LogP contribution in [0.15, 0.2) is 41.0 Å². The van der Waals surface area contributed by atoms with E-state index in [0.29, 0.717) is 18.1 Å². The summed E-state index contributed by atoms with van der Waals surface area (Å²) in [7, 11) is 0. The van der Waals surface area contributed by atoms with E-state index in [1.807, 2.05) is 24.3 Å². The number of nitrogens with one attached hydrogen (secondary N) is 2. The van der Waals surface area contributed by atoms with E-state index in [1.54, 1.807) is 0 Å². The number of tetrazole rings is 1. The van der Waals surface area contributed by atoms with E-state index in [-0.39, 0.29) is 5.56 Å². The van der Waals surface area contributed by atoms with Gasteiger partial charge in [-0.1, -0.05) is 12.1 Å². The van der Waals surface area contributed by atoms with E-state index in [4.69, 9.17) is 9.52 Å². The van der Waals surface area contributed by atoms with Crippen LogP contribution >= 0.6 is 0 Å². The Labute approximate surface area is 118 Å². The quantitative estimate of drug-likeness (QED) is 0.654. The molecule has 8 nitrogen and oxygen atoms in total. The molecule has 0 saturated heterocycles. The highest BCUT2D eigenvalue weighted by atomic mass is 16.4. The highest BCUT2D eigenvalue weighted by molar-refractivity contribution is 5.87. The van der Waals surface area contributed by atoms with Crippen molar-refractivity contribution in [3.8, 4) is 11.4 Å². The Balaban J connectivity index is 1.70. The zero-order chi connectivity index (χ0) is 14.7. The number of hydrogen-bond donors (Lipinski definition) is 3. The minimum Gasteiger partial charge on any atom is -0.478 e. The van der Waals surface area contributed by atoms with Crippen molar-refractivity contribution in [2.75, 3.05) is 5.32 Å². The first-order valence-electron chi connectivity index (χ1n) is 6.11. The molecule has 3 rings (SSSR count). The Kier molecular flexibility index (Phi) is 3.34. The van der Waals surface area contributed by atoms with E-state index < -0.39 is 5.97 Å². The minimum atomic E-state index is -1.01. The van der Waals surface area contributed by atoms with Crippen LogP contribution in [0.1, 0.15) is 16.1 Å². The van der Waals surface area contributed by atoms with E-state index in [2.05, 4.69) is 25.9 Å². The third-order valence-electron chi connectivity index (χ3n) is 2.83. The fourth-order valence-corrected chi connectivity index (χ4v) is 1.83. The number of carbonyl (C=O) groups is 1. The van der Waals surface area contributed by atoms with Crippen LogP contribution < -0.4 is 5.32 Å². The van der Waals surface area contributed by atoms with Crippen LogP contribution in [-0.4, -0.2) is 31.7 Å². The van der Waals surface area contributed by atoms with Crippen molar-refractivity contribution in [2.24, 2.45) is 0 Å². The van der Waals surface area contributed by atoms with Gasteiger partial charge in [0.15, 0.2) is 0 Å². The molecule has 0 spiro atoms. The van der Waals surface area contributed by atoms with Gasteiger partial charge in [-0.15, -0.1) is 10.2 Å². The smallest absolute Gasteiger partial charge is 0.338 e.